The molecule has 1 aromatic heterocycles. The Morgan fingerprint density at radius 2 is 2.10 bits per heavy atom. The van der Waals surface area contributed by atoms with Gasteiger partial charge in [0.2, 0.25) is 0 Å². The Balaban J connectivity index is 1.98. The Bertz CT molecular complexity index is 636. The van der Waals surface area contributed by atoms with E-state index in [1.165, 1.54) is 0 Å². The van der Waals surface area contributed by atoms with Crippen molar-refractivity contribution in [3.05, 3.63) is 42.5 Å². The van der Waals surface area contributed by atoms with E-state index in [9.17, 15) is 0 Å². The van der Waals surface area contributed by atoms with Crippen LogP contribution in [0.3, 0.4) is 0 Å². The predicted octanol–water partition coefficient (Wildman–Crippen LogP) is 2.29. The van der Waals surface area contributed by atoms with Gasteiger partial charge in [-0.25, -0.2) is 4.98 Å². The fourth-order valence-corrected chi connectivity index (χ4v) is 1.97. The number of hydrogen-bond acceptors (Lipinski definition) is 5. The average molecular weight is 287 g/mol. The van der Waals surface area contributed by atoms with Crippen molar-refractivity contribution in [2.24, 2.45) is 5.16 Å². The topological polar surface area (TPSA) is 57.9 Å². The van der Waals surface area contributed by atoms with E-state index in [2.05, 4.69) is 10.1 Å². The van der Waals surface area contributed by atoms with Crippen LogP contribution in [0.15, 0.2) is 42.1 Å². The van der Waals surface area contributed by atoms with Crippen LogP contribution in [0.4, 0.5) is 0 Å². The van der Waals surface area contributed by atoms with E-state index in [4.69, 9.17) is 14.3 Å². The summed E-state index contributed by atoms with van der Waals surface area (Å²) >= 11 is 0. The standard InChI is InChI=1S/C15H17N3O3/c1-11(2)21-17-15(18-6-5-16-10-18)12-3-4-13-14(9-12)20-8-7-19-13/h3-6,9-11H,7-8H2,1-2H3/b17-15-. The molecular formula is C15H17N3O3. The monoisotopic (exact) mass is 287 g/mol. The Hall–Kier alpha value is -2.50. The second-order valence-corrected chi connectivity index (χ2v) is 4.90. The molecule has 1 aliphatic heterocycles. The molecule has 6 nitrogen and oxygen atoms in total. The lowest BCUT2D eigenvalue weighted by Crippen LogP contribution is -2.17. The van der Waals surface area contributed by atoms with Gasteiger partial charge in [-0.05, 0) is 32.0 Å². The molecule has 0 radical (unpaired) electrons. The van der Waals surface area contributed by atoms with Crippen LogP contribution in [0.2, 0.25) is 0 Å². The maximum Gasteiger partial charge on any atom is 0.184 e. The van der Waals surface area contributed by atoms with E-state index in [0.717, 1.165) is 17.1 Å². The lowest BCUT2D eigenvalue weighted by molar-refractivity contribution is 0.0853. The molecule has 0 unspecified atom stereocenters. The summed E-state index contributed by atoms with van der Waals surface area (Å²) in [7, 11) is 0. The molecule has 0 N–H and O–H groups in total. The molecule has 2 aromatic rings. The number of fused-ring (bicyclic) bond motifs is 1. The largest absolute Gasteiger partial charge is 0.486 e. The van der Waals surface area contributed by atoms with Crippen molar-refractivity contribution in [1.29, 1.82) is 0 Å². The van der Waals surface area contributed by atoms with Crippen molar-refractivity contribution in [2.45, 2.75) is 20.0 Å². The minimum atomic E-state index is 0.000678. The van der Waals surface area contributed by atoms with E-state index < -0.39 is 0 Å². The molecule has 2 heterocycles. The molecule has 0 bridgehead atoms. The van der Waals surface area contributed by atoms with E-state index in [1.54, 1.807) is 17.1 Å². The Morgan fingerprint density at radius 1 is 1.29 bits per heavy atom. The first kappa shape index (κ1) is 13.5. The number of benzene rings is 1. The molecule has 21 heavy (non-hydrogen) atoms. The number of imidazole rings is 1. The maximum atomic E-state index is 5.61. The Labute approximate surface area is 123 Å². The van der Waals surface area contributed by atoms with Crippen LogP contribution < -0.4 is 9.47 Å². The molecule has 0 aliphatic carbocycles. The van der Waals surface area contributed by atoms with Crippen molar-refractivity contribution in [2.75, 3.05) is 13.2 Å². The van der Waals surface area contributed by atoms with Crippen molar-refractivity contribution >= 4 is 5.84 Å². The molecule has 0 spiro atoms. The highest BCUT2D eigenvalue weighted by Gasteiger charge is 2.15. The van der Waals surface area contributed by atoms with Gasteiger partial charge in [0.05, 0.1) is 0 Å². The molecular weight excluding hydrogens is 270 g/mol. The van der Waals surface area contributed by atoms with E-state index in [0.29, 0.717) is 19.0 Å². The fourth-order valence-electron chi connectivity index (χ4n) is 1.97. The SMILES string of the molecule is CC(C)O/N=C(/c1ccc2c(c1)OCCO2)n1ccnc1. The molecule has 6 heteroatoms. The molecule has 0 atom stereocenters. The number of hydrogen-bond donors (Lipinski definition) is 0. The third-order valence-corrected chi connectivity index (χ3v) is 2.90. The summed E-state index contributed by atoms with van der Waals surface area (Å²) in [6.45, 7) is 4.99. The van der Waals surface area contributed by atoms with Gasteiger partial charge < -0.3 is 14.3 Å². The zero-order valence-corrected chi connectivity index (χ0v) is 12.0. The molecule has 3 rings (SSSR count). The smallest absolute Gasteiger partial charge is 0.184 e. The quantitative estimate of drug-likeness (QED) is 0.494. The van der Waals surface area contributed by atoms with Crippen molar-refractivity contribution in [1.82, 2.24) is 9.55 Å². The molecule has 0 amide bonds. The second-order valence-electron chi connectivity index (χ2n) is 4.90. The predicted molar refractivity (Wildman–Crippen MR) is 77.8 cm³/mol. The highest BCUT2D eigenvalue weighted by molar-refractivity contribution is 6.00. The maximum absolute atomic E-state index is 5.61. The molecule has 110 valence electrons. The summed E-state index contributed by atoms with van der Waals surface area (Å²) in [5.41, 5.74) is 0.873. The molecule has 0 saturated carbocycles. The summed E-state index contributed by atoms with van der Waals surface area (Å²) in [6.07, 6.45) is 5.20. The van der Waals surface area contributed by atoms with Gasteiger partial charge in [-0.15, -0.1) is 0 Å². The zero-order chi connectivity index (χ0) is 14.7. The van der Waals surface area contributed by atoms with Crippen LogP contribution in [0.5, 0.6) is 11.5 Å². The van der Waals surface area contributed by atoms with Crippen LogP contribution in [0.25, 0.3) is 0 Å². The highest BCUT2D eigenvalue weighted by Crippen LogP contribution is 2.31. The normalized spacial score (nSPS) is 14.3. The number of ether oxygens (including phenoxy) is 2. The van der Waals surface area contributed by atoms with Gasteiger partial charge >= 0.3 is 0 Å². The number of oxime groups is 1. The van der Waals surface area contributed by atoms with Gasteiger partial charge in [0, 0.05) is 18.0 Å². The van der Waals surface area contributed by atoms with E-state index in [1.807, 2.05) is 38.2 Å². The summed E-state index contributed by atoms with van der Waals surface area (Å²) in [4.78, 5) is 9.45. The lowest BCUT2D eigenvalue weighted by Gasteiger charge is -2.19. The third-order valence-electron chi connectivity index (χ3n) is 2.90. The van der Waals surface area contributed by atoms with Gasteiger partial charge in [-0.2, -0.15) is 0 Å². The molecule has 1 aromatic carbocycles. The minimum absolute atomic E-state index is 0.000678. The second kappa shape index (κ2) is 5.87. The van der Waals surface area contributed by atoms with E-state index in [-0.39, 0.29) is 6.10 Å². The number of nitrogens with zero attached hydrogens (tertiary/aromatic N) is 3. The average Bonchev–Trinajstić information content (AvgIpc) is 3.01. The summed E-state index contributed by atoms with van der Waals surface area (Å²) in [5, 5.41) is 4.23. The van der Waals surface area contributed by atoms with Gasteiger partial charge in [0.1, 0.15) is 25.6 Å². The molecule has 0 fully saturated rings. The minimum Gasteiger partial charge on any atom is -0.486 e. The van der Waals surface area contributed by atoms with Crippen molar-refractivity contribution < 1.29 is 14.3 Å². The first-order valence-electron chi connectivity index (χ1n) is 6.86. The first-order valence-corrected chi connectivity index (χ1v) is 6.86. The van der Waals surface area contributed by atoms with E-state index >= 15 is 0 Å². The van der Waals surface area contributed by atoms with Gasteiger partial charge in [-0.1, -0.05) is 5.16 Å². The van der Waals surface area contributed by atoms with Crippen LogP contribution in [-0.2, 0) is 4.84 Å². The Kier molecular flexibility index (Phi) is 3.77. The van der Waals surface area contributed by atoms with Gasteiger partial charge in [0.25, 0.3) is 0 Å². The van der Waals surface area contributed by atoms with Crippen LogP contribution >= 0.6 is 0 Å². The summed E-state index contributed by atoms with van der Waals surface area (Å²) in [6, 6.07) is 5.71. The van der Waals surface area contributed by atoms with Crippen molar-refractivity contribution in [3.8, 4) is 11.5 Å². The number of aromatic nitrogens is 2. The zero-order valence-electron chi connectivity index (χ0n) is 12.0. The number of rotatable bonds is 3. The lowest BCUT2D eigenvalue weighted by atomic mass is 10.1. The van der Waals surface area contributed by atoms with Crippen LogP contribution in [0, 0.1) is 0 Å². The van der Waals surface area contributed by atoms with Crippen LogP contribution in [-0.4, -0.2) is 34.7 Å². The van der Waals surface area contributed by atoms with Gasteiger partial charge in [0.15, 0.2) is 17.3 Å². The highest BCUT2D eigenvalue weighted by atomic mass is 16.6. The molecule has 0 saturated heterocycles. The van der Waals surface area contributed by atoms with Crippen molar-refractivity contribution in [3.63, 3.8) is 0 Å². The van der Waals surface area contributed by atoms with Crippen LogP contribution in [0.1, 0.15) is 19.4 Å². The summed E-state index contributed by atoms with van der Waals surface area (Å²) in [5.74, 6) is 2.12. The third kappa shape index (κ3) is 2.99. The van der Waals surface area contributed by atoms with Gasteiger partial charge in [-0.3, -0.25) is 4.57 Å². The molecule has 1 aliphatic rings. The Morgan fingerprint density at radius 3 is 2.81 bits per heavy atom. The first-order chi connectivity index (χ1) is 10.2. The fraction of sp³-hybridized carbons (Fsp3) is 0.333. The summed E-state index contributed by atoms with van der Waals surface area (Å²) < 4.78 is 12.9.